The van der Waals surface area contributed by atoms with E-state index in [0.717, 1.165) is 170 Å². The lowest BCUT2D eigenvalue weighted by atomic mass is 9.92. The van der Waals surface area contributed by atoms with E-state index < -0.39 is 0 Å². The molecule has 0 radical (unpaired) electrons. The summed E-state index contributed by atoms with van der Waals surface area (Å²) in [6.45, 7) is 0. The van der Waals surface area contributed by atoms with E-state index in [-0.39, 0.29) is 0 Å². The summed E-state index contributed by atoms with van der Waals surface area (Å²) in [6, 6.07) is 84.7. The number of hydrogen-bond acceptors (Lipinski definition) is 5. The van der Waals surface area contributed by atoms with Crippen molar-refractivity contribution in [1.29, 1.82) is 0 Å². The van der Waals surface area contributed by atoms with Crippen LogP contribution in [0.5, 0.6) is 0 Å². The molecule has 0 atom stereocenters. The second kappa shape index (κ2) is 19.2. The maximum Gasteiger partial charge on any atom is 0.161 e. The molecule has 3 aromatic heterocycles. The molecule has 0 saturated heterocycles. The number of benzene rings is 11. The third-order valence-electron chi connectivity index (χ3n) is 16.5. The van der Waals surface area contributed by atoms with Gasteiger partial charge in [0.05, 0.1) is 39.5 Å². The van der Waals surface area contributed by atoms with E-state index in [1.807, 2.05) is 0 Å². The minimum absolute atomic E-state index is 0.781. The fourth-order valence-electron chi connectivity index (χ4n) is 13.0. The van der Waals surface area contributed by atoms with Crippen LogP contribution in [0.1, 0.15) is 36.1 Å². The average Bonchev–Trinajstić information content (AvgIpc) is 4.47. The van der Waals surface area contributed by atoms with Crippen LogP contribution < -0.4 is 9.80 Å². The fraction of sp³-hybridized carbons (Fsp3) is 0.0526. The average molecular weight is 1040 g/mol. The first-order chi connectivity index (χ1) is 40.2. The van der Waals surface area contributed by atoms with Gasteiger partial charge in [0.1, 0.15) is 16.9 Å². The van der Waals surface area contributed by atoms with Gasteiger partial charge in [-0.15, -0.1) is 0 Å². The molecular weight excluding hydrogens is 989 g/mol. The van der Waals surface area contributed by atoms with E-state index in [0.29, 0.717) is 0 Å². The van der Waals surface area contributed by atoms with Crippen molar-refractivity contribution in [2.24, 2.45) is 0 Å². The number of allylic oxidation sites excluding steroid dienone is 5. The maximum absolute atomic E-state index is 7.62. The van der Waals surface area contributed by atoms with E-state index in [4.69, 9.17) is 13.3 Å². The molecule has 5 nitrogen and oxygen atoms in total. The third-order valence-corrected chi connectivity index (χ3v) is 16.5. The molecule has 5 heteroatoms. The molecule has 384 valence electrons. The van der Waals surface area contributed by atoms with Crippen molar-refractivity contribution in [3.05, 3.63) is 278 Å². The molecule has 11 aromatic carbocycles. The standard InChI is InChI=1S/C76H52N2O3/c1-5-25-49(26-6-1)53-33-15-18-44-64(53)77(66-46-23-42-61-59-40-21-38-55(72(59)80-74(61)66)51-29-9-3-10-30-51)70-57-35-13-14-36-58(57)71(76-69(70)63-37-17-20-48-68(63)79-76)78(65-45-19-16-34-54(65)50-27-7-2-8-28-50)67-47-24-43-62-60-41-22-39-56(73(60)81-75(62)67)52-31-11-4-12-32-52/h2-5,7-16,18-36,38-48H,1,6,17,37H2. The largest absolute Gasteiger partial charge is 0.454 e. The van der Waals surface area contributed by atoms with Crippen LogP contribution in [0.3, 0.4) is 0 Å². The van der Waals surface area contributed by atoms with Crippen molar-refractivity contribution < 1.29 is 13.3 Å². The monoisotopic (exact) mass is 1040 g/mol. The number of aryl methyl sites for hydroxylation is 1. The molecule has 0 fully saturated rings. The topological polar surface area (TPSA) is 45.9 Å². The highest BCUT2D eigenvalue weighted by atomic mass is 16.3. The predicted octanol–water partition coefficient (Wildman–Crippen LogP) is 22.0. The van der Waals surface area contributed by atoms with Crippen LogP contribution in [0.2, 0.25) is 0 Å². The summed E-state index contributed by atoms with van der Waals surface area (Å²) in [5.41, 5.74) is 19.9. The third kappa shape index (κ3) is 7.53. The van der Waals surface area contributed by atoms with Crippen LogP contribution in [-0.2, 0) is 6.42 Å². The Balaban J connectivity index is 1.05. The van der Waals surface area contributed by atoms with Crippen molar-refractivity contribution >= 4 is 111 Å². The van der Waals surface area contributed by atoms with Crippen LogP contribution in [-0.4, -0.2) is 0 Å². The molecule has 0 N–H and O–H groups in total. The molecule has 81 heavy (non-hydrogen) atoms. The number of rotatable bonds is 10. The molecule has 2 aliphatic carbocycles. The Morgan fingerprint density at radius 3 is 1.31 bits per heavy atom. The molecule has 2 aliphatic rings. The zero-order valence-corrected chi connectivity index (χ0v) is 44.4. The smallest absolute Gasteiger partial charge is 0.161 e. The van der Waals surface area contributed by atoms with Gasteiger partial charge in [0.15, 0.2) is 16.7 Å². The molecule has 16 rings (SSSR count). The first-order valence-corrected chi connectivity index (χ1v) is 28.1. The normalized spacial score (nSPS) is 13.2. The van der Waals surface area contributed by atoms with Gasteiger partial charge < -0.3 is 23.1 Å². The van der Waals surface area contributed by atoms with Gasteiger partial charge in [0, 0.05) is 60.1 Å². The summed E-state index contributed by atoms with van der Waals surface area (Å²) in [5.74, 6) is 0.861. The van der Waals surface area contributed by atoms with Gasteiger partial charge >= 0.3 is 0 Å². The lowest BCUT2D eigenvalue weighted by Crippen LogP contribution is -2.16. The summed E-state index contributed by atoms with van der Waals surface area (Å²) < 4.78 is 22.4. The van der Waals surface area contributed by atoms with Crippen molar-refractivity contribution in [2.45, 2.75) is 25.7 Å². The Kier molecular flexibility index (Phi) is 11.1. The Morgan fingerprint density at radius 2 is 0.728 bits per heavy atom. The number of anilines is 6. The number of nitrogens with zero attached hydrogens (tertiary/aromatic N) is 2. The highest BCUT2D eigenvalue weighted by molar-refractivity contribution is 6.26. The number of para-hydroxylation sites is 6. The van der Waals surface area contributed by atoms with E-state index in [9.17, 15) is 0 Å². The minimum atomic E-state index is 0.781. The molecular formula is C76H52N2O3. The van der Waals surface area contributed by atoms with Gasteiger partial charge in [-0.05, 0) is 78.3 Å². The Labute approximate surface area is 468 Å². The van der Waals surface area contributed by atoms with Crippen molar-refractivity contribution in [1.82, 2.24) is 0 Å². The van der Waals surface area contributed by atoms with Gasteiger partial charge in [0.25, 0.3) is 0 Å². The Morgan fingerprint density at radius 1 is 0.296 bits per heavy atom. The van der Waals surface area contributed by atoms with Crippen LogP contribution in [0.25, 0.3) is 111 Å². The van der Waals surface area contributed by atoms with Gasteiger partial charge in [-0.1, -0.05) is 237 Å². The van der Waals surface area contributed by atoms with Gasteiger partial charge in [0.2, 0.25) is 0 Å². The van der Waals surface area contributed by atoms with E-state index in [2.05, 4.69) is 277 Å². The van der Waals surface area contributed by atoms with E-state index >= 15 is 0 Å². The second-order valence-corrected chi connectivity index (χ2v) is 21.2. The van der Waals surface area contributed by atoms with Crippen molar-refractivity contribution in [3.8, 4) is 33.4 Å². The van der Waals surface area contributed by atoms with Crippen LogP contribution >= 0.6 is 0 Å². The summed E-state index contributed by atoms with van der Waals surface area (Å²) in [5, 5.41) is 7.33. The molecule has 3 heterocycles. The molecule has 0 unspecified atom stereocenters. The molecule has 0 saturated carbocycles. The van der Waals surface area contributed by atoms with Crippen LogP contribution in [0, 0.1) is 0 Å². The zero-order chi connectivity index (χ0) is 53.4. The van der Waals surface area contributed by atoms with E-state index in [1.165, 1.54) is 11.1 Å². The minimum Gasteiger partial charge on any atom is -0.454 e. The predicted molar refractivity (Wildman–Crippen MR) is 338 cm³/mol. The molecule has 14 aromatic rings. The highest BCUT2D eigenvalue weighted by Crippen LogP contribution is 2.58. The van der Waals surface area contributed by atoms with Gasteiger partial charge in [-0.3, -0.25) is 0 Å². The Hall–Kier alpha value is -10.4. The number of hydrogen-bond donors (Lipinski definition) is 0. The van der Waals surface area contributed by atoms with Crippen LogP contribution in [0.4, 0.5) is 34.1 Å². The fourth-order valence-corrected chi connectivity index (χ4v) is 13.0. The highest BCUT2D eigenvalue weighted by Gasteiger charge is 2.35. The maximum atomic E-state index is 7.62. The first-order valence-electron chi connectivity index (χ1n) is 28.1. The van der Waals surface area contributed by atoms with Gasteiger partial charge in [-0.25, -0.2) is 0 Å². The number of fused-ring (bicyclic) bond motifs is 10. The van der Waals surface area contributed by atoms with E-state index in [1.54, 1.807) is 0 Å². The summed E-state index contributed by atoms with van der Waals surface area (Å²) >= 11 is 0. The SMILES string of the molecule is C1=CC(c2ccccc2N(c2cccc3c2oc2c(-c4ccccc4)cccc23)c2c3ccccc3c(N(c3ccccc3-c3ccccc3)c3cccc4c3oc3c(-c5ccccc5)cccc34)c3oc4c(c23)CCC=C4)=CCC1. The molecule has 0 amide bonds. The second-order valence-electron chi connectivity index (χ2n) is 21.2. The summed E-state index contributed by atoms with van der Waals surface area (Å²) in [4.78, 5) is 4.94. The lowest BCUT2D eigenvalue weighted by Gasteiger charge is -2.33. The van der Waals surface area contributed by atoms with Gasteiger partial charge in [-0.2, -0.15) is 0 Å². The summed E-state index contributed by atoms with van der Waals surface area (Å²) in [7, 11) is 0. The molecule has 0 spiro atoms. The Bertz CT molecular complexity index is 4880. The van der Waals surface area contributed by atoms with Crippen LogP contribution in [0.15, 0.2) is 274 Å². The van der Waals surface area contributed by atoms with Crippen molar-refractivity contribution in [3.63, 3.8) is 0 Å². The first kappa shape index (κ1) is 46.7. The molecule has 0 bridgehead atoms. The lowest BCUT2D eigenvalue weighted by molar-refractivity contribution is 0.596. The quantitative estimate of drug-likeness (QED) is 0.128. The summed E-state index contributed by atoms with van der Waals surface area (Å²) in [6.07, 6.45) is 15.1. The zero-order valence-electron chi connectivity index (χ0n) is 44.4. The van der Waals surface area contributed by atoms with Crippen molar-refractivity contribution in [2.75, 3.05) is 9.80 Å². The molecule has 0 aliphatic heterocycles. The number of furan rings is 3.